The molecular formula is C11H18. The highest BCUT2D eigenvalue weighted by molar-refractivity contribution is 5.17. The Morgan fingerprint density at radius 1 is 1.45 bits per heavy atom. The van der Waals surface area contributed by atoms with Gasteiger partial charge in [0.1, 0.15) is 0 Å². The topological polar surface area (TPSA) is 0 Å². The van der Waals surface area contributed by atoms with E-state index in [9.17, 15) is 0 Å². The van der Waals surface area contributed by atoms with Crippen LogP contribution in [0.5, 0.6) is 0 Å². The average molecular weight is 150 g/mol. The molecule has 0 aliphatic heterocycles. The lowest BCUT2D eigenvalue weighted by atomic mass is 10.1. The summed E-state index contributed by atoms with van der Waals surface area (Å²) in [5.74, 6) is 0.623. The minimum atomic E-state index is 0.623. The fraction of sp³-hybridized carbons (Fsp3) is 0.455. The molecule has 0 amide bonds. The van der Waals surface area contributed by atoms with Gasteiger partial charge in [-0.25, -0.2) is 0 Å². The van der Waals surface area contributed by atoms with Crippen molar-refractivity contribution in [3.8, 4) is 0 Å². The molecule has 0 radical (unpaired) electrons. The first-order valence-electron chi connectivity index (χ1n) is 4.14. The number of rotatable bonds is 4. The van der Waals surface area contributed by atoms with Crippen molar-refractivity contribution in [1.29, 1.82) is 0 Å². The van der Waals surface area contributed by atoms with Crippen molar-refractivity contribution in [2.45, 2.75) is 27.2 Å². The van der Waals surface area contributed by atoms with Gasteiger partial charge in [0.2, 0.25) is 0 Å². The van der Waals surface area contributed by atoms with Gasteiger partial charge >= 0.3 is 0 Å². The fourth-order valence-electron chi connectivity index (χ4n) is 0.666. The van der Waals surface area contributed by atoms with Crippen LogP contribution in [0.15, 0.2) is 36.5 Å². The summed E-state index contributed by atoms with van der Waals surface area (Å²) < 4.78 is 0. The lowest BCUT2D eigenvalue weighted by Gasteiger charge is -1.95. The van der Waals surface area contributed by atoms with E-state index in [0.29, 0.717) is 5.92 Å². The van der Waals surface area contributed by atoms with E-state index in [2.05, 4.69) is 38.7 Å². The molecule has 0 aliphatic rings. The van der Waals surface area contributed by atoms with Crippen LogP contribution in [0.1, 0.15) is 27.2 Å². The van der Waals surface area contributed by atoms with E-state index in [1.54, 1.807) is 0 Å². The quantitative estimate of drug-likeness (QED) is 0.423. The van der Waals surface area contributed by atoms with Crippen LogP contribution >= 0.6 is 0 Å². The summed E-state index contributed by atoms with van der Waals surface area (Å²) in [4.78, 5) is 0. The predicted molar refractivity (Wildman–Crippen MR) is 52.5 cm³/mol. The highest BCUT2D eigenvalue weighted by atomic mass is 13.9. The lowest BCUT2D eigenvalue weighted by molar-refractivity contribution is 0.830. The van der Waals surface area contributed by atoms with Gasteiger partial charge in [-0.3, -0.25) is 0 Å². The van der Waals surface area contributed by atoms with Crippen LogP contribution in [0.25, 0.3) is 0 Å². The van der Waals surface area contributed by atoms with Gasteiger partial charge in [-0.15, -0.1) is 0 Å². The Balaban J connectivity index is 3.69. The summed E-state index contributed by atoms with van der Waals surface area (Å²) in [7, 11) is 0. The van der Waals surface area contributed by atoms with E-state index in [4.69, 9.17) is 0 Å². The van der Waals surface area contributed by atoms with E-state index < -0.39 is 0 Å². The summed E-state index contributed by atoms with van der Waals surface area (Å²) in [6, 6.07) is 0. The van der Waals surface area contributed by atoms with Gasteiger partial charge in [0.05, 0.1) is 0 Å². The zero-order valence-electron chi connectivity index (χ0n) is 7.80. The number of hydrogen-bond donors (Lipinski definition) is 0. The van der Waals surface area contributed by atoms with Gasteiger partial charge in [-0.05, 0) is 19.3 Å². The molecule has 0 saturated heterocycles. The third-order valence-corrected chi connectivity index (χ3v) is 1.33. The zero-order chi connectivity index (χ0) is 8.69. The third kappa shape index (κ3) is 7.11. The van der Waals surface area contributed by atoms with Gasteiger partial charge in [0, 0.05) is 0 Å². The standard InChI is InChI=1S/C11H18/c1-5-6-7-11(4)9-8-10(2)3/h5-6,8-10H,4,7H2,1-3H3/b6-5-,9-8+. The third-order valence-electron chi connectivity index (χ3n) is 1.33. The van der Waals surface area contributed by atoms with Crippen molar-refractivity contribution in [3.05, 3.63) is 36.5 Å². The van der Waals surface area contributed by atoms with Crippen LogP contribution in [0, 0.1) is 5.92 Å². The molecule has 0 heteroatoms. The van der Waals surface area contributed by atoms with Gasteiger partial charge in [-0.1, -0.05) is 50.3 Å². The maximum absolute atomic E-state index is 3.93. The van der Waals surface area contributed by atoms with Crippen LogP contribution in [-0.2, 0) is 0 Å². The minimum absolute atomic E-state index is 0.623. The molecule has 0 spiro atoms. The molecule has 0 unspecified atom stereocenters. The van der Waals surface area contributed by atoms with E-state index in [1.165, 1.54) is 5.57 Å². The Bertz CT molecular complexity index is 159. The van der Waals surface area contributed by atoms with Crippen molar-refractivity contribution in [1.82, 2.24) is 0 Å². The smallest absolute Gasteiger partial charge is 0.0104 e. The average Bonchev–Trinajstić information content (AvgIpc) is 1.97. The summed E-state index contributed by atoms with van der Waals surface area (Å²) in [5.41, 5.74) is 1.18. The Morgan fingerprint density at radius 3 is 2.55 bits per heavy atom. The van der Waals surface area contributed by atoms with E-state index >= 15 is 0 Å². The molecule has 0 heterocycles. The fourth-order valence-corrected chi connectivity index (χ4v) is 0.666. The first-order chi connectivity index (χ1) is 5.16. The second-order valence-corrected chi connectivity index (χ2v) is 3.03. The normalized spacial score (nSPS) is 12.0. The van der Waals surface area contributed by atoms with E-state index in [1.807, 2.05) is 13.0 Å². The minimum Gasteiger partial charge on any atom is -0.0955 e. The van der Waals surface area contributed by atoms with Crippen molar-refractivity contribution >= 4 is 0 Å². The Labute approximate surface area is 70.3 Å². The van der Waals surface area contributed by atoms with Crippen molar-refractivity contribution < 1.29 is 0 Å². The summed E-state index contributed by atoms with van der Waals surface area (Å²) in [6.45, 7) is 10.3. The van der Waals surface area contributed by atoms with Crippen LogP contribution in [0.4, 0.5) is 0 Å². The molecule has 62 valence electrons. The second kappa shape index (κ2) is 5.96. The Morgan fingerprint density at radius 2 is 2.09 bits per heavy atom. The second-order valence-electron chi connectivity index (χ2n) is 3.03. The number of hydrogen-bond acceptors (Lipinski definition) is 0. The predicted octanol–water partition coefficient (Wildman–Crippen LogP) is 3.72. The van der Waals surface area contributed by atoms with Gasteiger partial charge in [0.15, 0.2) is 0 Å². The van der Waals surface area contributed by atoms with E-state index in [-0.39, 0.29) is 0 Å². The molecule has 0 N–H and O–H groups in total. The molecule has 0 saturated carbocycles. The summed E-state index contributed by atoms with van der Waals surface area (Å²) >= 11 is 0. The molecule has 0 rings (SSSR count). The zero-order valence-corrected chi connectivity index (χ0v) is 7.80. The highest BCUT2D eigenvalue weighted by Gasteiger charge is 1.85. The Kier molecular flexibility index (Phi) is 5.54. The Hall–Kier alpha value is -0.780. The lowest BCUT2D eigenvalue weighted by Crippen LogP contribution is -1.78. The summed E-state index contributed by atoms with van der Waals surface area (Å²) in [6.07, 6.45) is 9.41. The first-order valence-corrected chi connectivity index (χ1v) is 4.14. The largest absolute Gasteiger partial charge is 0.0955 e. The first kappa shape index (κ1) is 10.2. The molecule has 0 aromatic heterocycles. The van der Waals surface area contributed by atoms with Crippen molar-refractivity contribution in [2.75, 3.05) is 0 Å². The highest BCUT2D eigenvalue weighted by Crippen LogP contribution is 2.03. The van der Waals surface area contributed by atoms with Crippen LogP contribution < -0.4 is 0 Å². The molecular weight excluding hydrogens is 132 g/mol. The molecule has 0 nitrogen and oxygen atoms in total. The summed E-state index contributed by atoms with van der Waals surface area (Å²) in [5, 5.41) is 0. The van der Waals surface area contributed by atoms with Crippen molar-refractivity contribution in [3.63, 3.8) is 0 Å². The molecule has 11 heavy (non-hydrogen) atoms. The molecule has 0 atom stereocenters. The maximum atomic E-state index is 3.93. The molecule has 0 bridgehead atoms. The molecule has 0 aliphatic carbocycles. The van der Waals surface area contributed by atoms with Crippen LogP contribution in [0.2, 0.25) is 0 Å². The number of allylic oxidation sites excluding steroid dienone is 5. The SMILES string of the molecule is C=C(/C=C/C(C)C)C/C=C\C. The van der Waals surface area contributed by atoms with Gasteiger partial charge < -0.3 is 0 Å². The monoisotopic (exact) mass is 150 g/mol. The molecule has 0 fully saturated rings. The van der Waals surface area contributed by atoms with Crippen LogP contribution in [0.3, 0.4) is 0 Å². The van der Waals surface area contributed by atoms with Gasteiger partial charge in [0.25, 0.3) is 0 Å². The van der Waals surface area contributed by atoms with Crippen molar-refractivity contribution in [2.24, 2.45) is 5.92 Å². The van der Waals surface area contributed by atoms with Crippen LogP contribution in [-0.4, -0.2) is 0 Å². The molecule has 0 aromatic carbocycles. The maximum Gasteiger partial charge on any atom is -0.0104 e. The van der Waals surface area contributed by atoms with Gasteiger partial charge in [-0.2, -0.15) is 0 Å². The molecule has 0 aromatic rings. The van der Waals surface area contributed by atoms with E-state index in [0.717, 1.165) is 6.42 Å².